The van der Waals surface area contributed by atoms with E-state index >= 15 is 0 Å². The van der Waals surface area contributed by atoms with Crippen molar-refractivity contribution in [3.8, 4) is 0 Å². The second-order valence-electron chi connectivity index (χ2n) is 5.44. The van der Waals surface area contributed by atoms with E-state index in [4.69, 9.17) is 27.6 Å². The van der Waals surface area contributed by atoms with Crippen LogP contribution in [-0.4, -0.2) is 11.8 Å². The van der Waals surface area contributed by atoms with Gasteiger partial charge < -0.3 is 15.1 Å². The lowest BCUT2D eigenvalue weighted by Crippen LogP contribution is -2.23. The summed E-state index contributed by atoms with van der Waals surface area (Å²) >= 11 is 11.9. The summed E-state index contributed by atoms with van der Waals surface area (Å²) in [5.74, 6) is -0.429. The van der Waals surface area contributed by atoms with Gasteiger partial charge in [-0.1, -0.05) is 35.3 Å². The highest BCUT2D eigenvalue weighted by molar-refractivity contribution is 6.36. The number of amides is 2. The van der Waals surface area contributed by atoms with E-state index in [0.29, 0.717) is 16.3 Å². The summed E-state index contributed by atoms with van der Waals surface area (Å²) in [4.78, 5) is 24.2. The molecule has 26 heavy (non-hydrogen) atoms. The van der Waals surface area contributed by atoms with E-state index in [-0.39, 0.29) is 29.1 Å². The Balaban J connectivity index is 1.63. The van der Waals surface area contributed by atoms with Gasteiger partial charge in [-0.3, -0.25) is 9.59 Å². The van der Waals surface area contributed by atoms with Crippen LogP contribution in [0.5, 0.6) is 0 Å². The Bertz CT molecular complexity index is 940. The molecule has 2 aromatic carbocycles. The van der Waals surface area contributed by atoms with Gasteiger partial charge >= 0.3 is 0 Å². The van der Waals surface area contributed by atoms with Crippen molar-refractivity contribution in [1.29, 1.82) is 0 Å². The lowest BCUT2D eigenvalue weighted by Gasteiger charge is -2.09. The molecule has 0 saturated carbocycles. The van der Waals surface area contributed by atoms with Gasteiger partial charge in [0.25, 0.3) is 11.8 Å². The molecule has 0 aliphatic heterocycles. The summed E-state index contributed by atoms with van der Waals surface area (Å²) < 4.78 is 5.05. The third kappa shape index (κ3) is 4.45. The maximum Gasteiger partial charge on any atom is 0.291 e. The summed E-state index contributed by atoms with van der Waals surface area (Å²) in [5.41, 5.74) is 1.77. The minimum absolute atomic E-state index is 0.223. The van der Waals surface area contributed by atoms with Crippen LogP contribution in [0.4, 0.5) is 5.69 Å². The van der Waals surface area contributed by atoms with Crippen LogP contribution >= 0.6 is 23.2 Å². The molecule has 3 aromatic rings. The Hall–Kier alpha value is -2.76. The Morgan fingerprint density at radius 1 is 0.962 bits per heavy atom. The van der Waals surface area contributed by atoms with Crippen molar-refractivity contribution in [3.63, 3.8) is 0 Å². The first-order chi connectivity index (χ1) is 12.5. The number of hydrogen-bond donors (Lipinski definition) is 2. The standard InChI is InChI=1S/C19H14Cl2N2O3/c20-13-6-7-15(16(21)10-13)18(24)22-11-12-3-1-4-14(9-12)23-19(25)17-5-2-8-26-17/h1-10H,11H2,(H,22,24)(H,23,25). The summed E-state index contributed by atoms with van der Waals surface area (Å²) in [5, 5.41) is 6.28. The van der Waals surface area contributed by atoms with Crippen molar-refractivity contribution in [2.45, 2.75) is 6.54 Å². The second-order valence-corrected chi connectivity index (χ2v) is 6.28. The van der Waals surface area contributed by atoms with Crippen LogP contribution < -0.4 is 10.6 Å². The fraction of sp³-hybridized carbons (Fsp3) is 0.0526. The van der Waals surface area contributed by atoms with Gasteiger partial charge in [-0.2, -0.15) is 0 Å². The molecule has 0 fully saturated rings. The number of halogens is 2. The molecule has 0 spiro atoms. The van der Waals surface area contributed by atoms with Crippen molar-refractivity contribution >= 4 is 40.7 Å². The fourth-order valence-corrected chi connectivity index (χ4v) is 2.81. The van der Waals surface area contributed by atoms with Gasteiger partial charge in [-0.15, -0.1) is 0 Å². The van der Waals surface area contributed by atoms with Crippen LogP contribution in [0, 0.1) is 0 Å². The highest BCUT2D eigenvalue weighted by atomic mass is 35.5. The van der Waals surface area contributed by atoms with E-state index in [0.717, 1.165) is 5.56 Å². The van der Waals surface area contributed by atoms with Crippen molar-refractivity contribution in [2.24, 2.45) is 0 Å². The molecular formula is C19H14Cl2N2O3. The zero-order valence-corrected chi connectivity index (χ0v) is 15.0. The molecule has 0 aliphatic carbocycles. The van der Waals surface area contributed by atoms with Gasteiger partial charge in [-0.25, -0.2) is 0 Å². The quantitative estimate of drug-likeness (QED) is 0.661. The number of hydrogen-bond acceptors (Lipinski definition) is 3. The third-order valence-electron chi connectivity index (χ3n) is 3.56. The first kappa shape index (κ1) is 18.0. The molecule has 7 heteroatoms. The predicted molar refractivity (Wildman–Crippen MR) is 101 cm³/mol. The number of benzene rings is 2. The smallest absolute Gasteiger partial charge is 0.291 e. The minimum Gasteiger partial charge on any atom is -0.459 e. The summed E-state index contributed by atoms with van der Waals surface area (Å²) in [6.07, 6.45) is 1.43. The zero-order chi connectivity index (χ0) is 18.5. The normalized spacial score (nSPS) is 10.4. The number of carbonyl (C=O) groups is 2. The summed E-state index contributed by atoms with van der Waals surface area (Å²) in [7, 11) is 0. The largest absolute Gasteiger partial charge is 0.459 e. The van der Waals surface area contributed by atoms with Gasteiger partial charge in [0, 0.05) is 17.3 Å². The Labute approximate surface area is 159 Å². The third-order valence-corrected chi connectivity index (χ3v) is 4.11. The molecule has 0 aliphatic rings. The second kappa shape index (κ2) is 8.08. The van der Waals surface area contributed by atoms with Crippen LogP contribution in [-0.2, 0) is 6.54 Å². The van der Waals surface area contributed by atoms with Crippen LogP contribution in [0.15, 0.2) is 65.3 Å². The molecular weight excluding hydrogens is 375 g/mol. The monoisotopic (exact) mass is 388 g/mol. The molecule has 1 heterocycles. The van der Waals surface area contributed by atoms with Gasteiger partial charge in [0.05, 0.1) is 16.8 Å². The molecule has 0 radical (unpaired) electrons. The average Bonchev–Trinajstić information content (AvgIpc) is 3.15. The molecule has 5 nitrogen and oxygen atoms in total. The molecule has 3 rings (SSSR count). The Morgan fingerprint density at radius 3 is 2.54 bits per heavy atom. The van der Waals surface area contributed by atoms with Crippen LogP contribution in [0.2, 0.25) is 10.0 Å². The SMILES string of the molecule is O=C(Nc1cccc(CNC(=O)c2ccc(Cl)cc2Cl)c1)c1ccco1. The predicted octanol–water partition coefficient (Wildman–Crippen LogP) is 4.77. The van der Waals surface area contributed by atoms with Gasteiger partial charge in [-0.05, 0) is 48.0 Å². The number of furan rings is 1. The van der Waals surface area contributed by atoms with Crippen molar-refractivity contribution in [3.05, 3.63) is 87.8 Å². The number of nitrogens with one attached hydrogen (secondary N) is 2. The van der Waals surface area contributed by atoms with Crippen LogP contribution in [0.3, 0.4) is 0 Å². The Morgan fingerprint density at radius 2 is 1.81 bits per heavy atom. The first-order valence-corrected chi connectivity index (χ1v) is 8.45. The first-order valence-electron chi connectivity index (χ1n) is 7.70. The number of rotatable bonds is 5. The van der Waals surface area contributed by atoms with E-state index < -0.39 is 0 Å². The van der Waals surface area contributed by atoms with Crippen LogP contribution in [0.1, 0.15) is 26.5 Å². The van der Waals surface area contributed by atoms with Gasteiger partial charge in [0.15, 0.2) is 5.76 Å². The van der Waals surface area contributed by atoms with Gasteiger partial charge in [0.1, 0.15) is 0 Å². The highest BCUT2D eigenvalue weighted by Crippen LogP contribution is 2.21. The zero-order valence-electron chi connectivity index (χ0n) is 13.5. The average molecular weight is 389 g/mol. The van der Waals surface area contributed by atoms with Crippen LogP contribution in [0.25, 0.3) is 0 Å². The van der Waals surface area contributed by atoms with E-state index in [1.54, 1.807) is 42.5 Å². The molecule has 2 amide bonds. The summed E-state index contributed by atoms with van der Waals surface area (Å²) in [6, 6.07) is 15.1. The van der Waals surface area contributed by atoms with E-state index in [9.17, 15) is 9.59 Å². The van der Waals surface area contributed by atoms with Crippen molar-refractivity contribution < 1.29 is 14.0 Å². The van der Waals surface area contributed by atoms with Crippen molar-refractivity contribution in [2.75, 3.05) is 5.32 Å². The lowest BCUT2D eigenvalue weighted by molar-refractivity contribution is 0.0949. The molecule has 1 aromatic heterocycles. The number of carbonyl (C=O) groups excluding carboxylic acids is 2. The Kier molecular flexibility index (Phi) is 5.61. The maximum atomic E-state index is 12.2. The lowest BCUT2D eigenvalue weighted by atomic mass is 10.1. The van der Waals surface area contributed by atoms with Gasteiger partial charge in [0.2, 0.25) is 0 Å². The number of anilines is 1. The highest BCUT2D eigenvalue weighted by Gasteiger charge is 2.11. The molecule has 0 atom stereocenters. The molecule has 0 unspecified atom stereocenters. The molecule has 132 valence electrons. The summed E-state index contributed by atoms with van der Waals surface area (Å²) in [6.45, 7) is 0.280. The molecule has 0 bridgehead atoms. The van der Waals surface area contributed by atoms with E-state index in [1.165, 1.54) is 12.3 Å². The minimum atomic E-state index is -0.343. The topological polar surface area (TPSA) is 71.3 Å². The van der Waals surface area contributed by atoms with E-state index in [1.807, 2.05) is 6.07 Å². The molecule has 2 N–H and O–H groups in total. The maximum absolute atomic E-state index is 12.2. The van der Waals surface area contributed by atoms with Crippen molar-refractivity contribution in [1.82, 2.24) is 5.32 Å². The molecule has 0 saturated heterocycles. The van der Waals surface area contributed by atoms with E-state index in [2.05, 4.69) is 10.6 Å². The fourth-order valence-electron chi connectivity index (χ4n) is 2.31.